The van der Waals surface area contributed by atoms with Crippen molar-refractivity contribution in [2.45, 2.75) is 5.54 Å². The normalized spacial score (nSPS) is 10.4. The van der Waals surface area contributed by atoms with Crippen LogP contribution in [0.15, 0.2) is 30.3 Å². The zero-order chi connectivity index (χ0) is 11.7. The number of phenols is 1. The fourth-order valence-electron chi connectivity index (χ4n) is 0.578. The predicted molar refractivity (Wildman–Crippen MR) is 56.3 cm³/mol. The summed E-state index contributed by atoms with van der Waals surface area (Å²) in [6.45, 7) is -1.21. The highest BCUT2D eigenvalue weighted by molar-refractivity contribution is 5.18. The van der Waals surface area contributed by atoms with Crippen molar-refractivity contribution in [3.8, 4) is 5.75 Å². The lowest BCUT2D eigenvalue weighted by Gasteiger charge is -2.20. The third-order valence-corrected chi connectivity index (χ3v) is 1.70. The van der Waals surface area contributed by atoms with Crippen LogP contribution in [0.5, 0.6) is 5.75 Å². The molecule has 6 N–H and O–H groups in total. The summed E-state index contributed by atoms with van der Waals surface area (Å²) in [5.41, 5.74) is 3.94. The first kappa shape index (κ1) is 13.9. The van der Waals surface area contributed by atoms with Crippen LogP contribution in [-0.4, -0.2) is 45.8 Å². The number of aromatic hydroxyl groups is 1. The summed E-state index contributed by atoms with van der Waals surface area (Å²) in [5.74, 6) is 0.322. The molecule has 1 aromatic rings. The molecule has 0 aliphatic rings. The van der Waals surface area contributed by atoms with E-state index in [4.69, 9.17) is 26.2 Å². The Labute approximate surface area is 88.4 Å². The molecule has 5 heteroatoms. The number of phenolic OH excluding ortho intramolecular Hbond substituents is 1. The third kappa shape index (κ3) is 6.03. The Kier molecular flexibility index (Phi) is 6.64. The van der Waals surface area contributed by atoms with E-state index in [1.807, 2.05) is 6.07 Å². The molecule has 1 rings (SSSR count). The second-order valence-corrected chi connectivity index (χ2v) is 3.17. The summed E-state index contributed by atoms with van der Waals surface area (Å²) in [4.78, 5) is 0. The molecule has 86 valence electrons. The maximum atomic E-state index is 8.63. The summed E-state index contributed by atoms with van der Waals surface area (Å²) in [7, 11) is 0. The van der Waals surface area contributed by atoms with Gasteiger partial charge in [-0.25, -0.2) is 0 Å². The highest BCUT2D eigenvalue weighted by atomic mass is 16.3. The number of aliphatic hydroxyl groups excluding tert-OH is 3. The minimum atomic E-state index is -1.21. The Morgan fingerprint density at radius 1 is 0.933 bits per heavy atom. The zero-order valence-electron chi connectivity index (χ0n) is 8.37. The van der Waals surface area contributed by atoms with Crippen molar-refractivity contribution in [1.29, 1.82) is 0 Å². The van der Waals surface area contributed by atoms with Crippen molar-refractivity contribution in [3.63, 3.8) is 0 Å². The monoisotopic (exact) mass is 215 g/mol. The minimum absolute atomic E-state index is 0.322. The molecule has 0 atom stereocenters. The number of rotatable bonds is 3. The number of benzene rings is 1. The van der Waals surface area contributed by atoms with Crippen LogP contribution in [0, 0.1) is 0 Å². The molecule has 0 saturated carbocycles. The van der Waals surface area contributed by atoms with Crippen molar-refractivity contribution in [3.05, 3.63) is 30.3 Å². The summed E-state index contributed by atoms with van der Waals surface area (Å²) in [6, 6.07) is 8.71. The second kappa shape index (κ2) is 7.19. The van der Waals surface area contributed by atoms with Crippen LogP contribution in [0.3, 0.4) is 0 Å². The average molecular weight is 215 g/mol. The number of nitrogens with two attached hydrogens (primary N) is 1. The van der Waals surface area contributed by atoms with Crippen LogP contribution in [0.2, 0.25) is 0 Å². The molecule has 0 aliphatic carbocycles. The summed E-state index contributed by atoms with van der Waals surface area (Å²) in [6.07, 6.45) is 0. The van der Waals surface area contributed by atoms with Gasteiger partial charge in [0.15, 0.2) is 0 Å². The molecule has 0 aliphatic heterocycles. The summed E-state index contributed by atoms with van der Waals surface area (Å²) < 4.78 is 0. The van der Waals surface area contributed by atoms with Gasteiger partial charge < -0.3 is 26.2 Å². The van der Waals surface area contributed by atoms with E-state index in [0.717, 1.165) is 0 Å². The fraction of sp³-hybridized carbons (Fsp3) is 0.400. The van der Waals surface area contributed by atoms with Crippen molar-refractivity contribution >= 4 is 0 Å². The van der Waals surface area contributed by atoms with Gasteiger partial charge >= 0.3 is 0 Å². The number of para-hydroxylation sites is 1. The smallest absolute Gasteiger partial charge is 0.115 e. The molecule has 15 heavy (non-hydrogen) atoms. The maximum absolute atomic E-state index is 8.63. The Bertz CT molecular complexity index is 241. The average Bonchev–Trinajstić information content (AvgIpc) is 2.30. The zero-order valence-corrected chi connectivity index (χ0v) is 8.37. The highest BCUT2D eigenvalue weighted by Gasteiger charge is 2.20. The van der Waals surface area contributed by atoms with E-state index in [-0.39, 0.29) is 0 Å². The van der Waals surface area contributed by atoms with E-state index in [9.17, 15) is 0 Å². The Hall–Kier alpha value is -1.14. The molecule has 0 spiro atoms. The standard InChI is InChI=1S/C6H6O.C4H11NO3/c7-6-4-2-1-3-5-6;5-4(1-6,2-7)3-8/h1-5,7H;6-8H,1-3,5H2. The molecule has 0 unspecified atom stereocenters. The van der Waals surface area contributed by atoms with Gasteiger partial charge in [-0.1, -0.05) is 18.2 Å². The minimum Gasteiger partial charge on any atom is -0.508 e. The first-order valence-electron chi connectivity index (χ1n) is 4.43. The quantitative estimate of drug-likeness (QED) is 0.447. The van der Waals surface area contributed by atoms with Gasteiger partial charge in [0.1, 0.15) is 5.75 Å². The Morgan fingerprint density at radius 2 is 1.33 bits per heavy atom. The number of hydrogen-bond donors (Lipinski definition) is 5. The van der Waals surface area contributed by atoms with Gasteiger partial charge in [-0.2, -0.15) is 0 Å². The molecule has 1 aromatic carbocycles. The summed E-state index contributed by atoms with van der Waals surface area (Å²) >= 11 is 0. The molecule has 0 aromatic heterocycles. The van der Waals surface area contributed by atoms with Crippen LogP contribution < -0.4 is 5.73 Å². The number of hydrogen-bond acceptors (Lipinski definition) is 5. The fourth-order valence-corrected chi connectivity index (χ4v) is 0.578. The van der Waals surface area contributed by atoms with Crippen molar-refractivity contribution in [1.82, 2.24) is 0 Å². The van der Waals surface area contributed by atoms with Gasteiger partial charge in [-0.15, -0.1) is 0 Å². The summed E-state index contributed by atoms with van der Waals surface area (Å²) in [5, 5.41) is 33.7. The van der Waals surface area contributed by atoms with E-state index >= 15 is 0 Å². The number of aliphatic hydroxyl groups is 3. The molecule has 0 radical (unpaired) electrons. The second-order valence-electron chi connectivity index (χ2n) is 3.17. The van der Waals surface area contributed by atoms with E-state index in [2.05, 4.69) is 0 Å². The third-order valence-electron chi connectivity index (χ3n) is 1.70. The van der Waals surface area contributed by atoms with Gasteiger partial charge in [-0.05, 0) is 12.1 Å². The van der Waals surface area contributed by atoms with Crippen molar-refractivity contribution in [2.24, 2.45) is 5.73 Å². The van der Waals surface area contributed by atoms with Gasteiger partial charge in [0.05, 0.1) is 25.4 Å². The first-order chi connectivity index (χ1) is 7.08. The molecule has 5 nitrogen and oxygen atoms in total. The first-order valence-corrected chi connectivity index (χ1v) is 4.43. The predicted octanol–water partition coefficient (Wildman–Crippen LogP) is -0.947. The Morgan fingerprint density at radius 3 is 1.47 bits per heavy atom. The molecule has 0 saturated heterocycles. The molecule has 0 bridgehead atoms. The molecule has 0 heterocycles. The van der Waals surface area contributed by atoms with Gasteiger partial charge in [0.2, 0.25) is 0 Å². The SMILES string of the molecule is NC(CO)(CO)CO.Oc1ccccc1. The van der Waals surface area contributed by atoms with E-state index in [0.29, 0.717) is 5.75 Å². The maximum Gasteiger partial charge on any atom is 0.115 e. The topological polar surface area (TPSA) is 107 Å². The molecular formula is C10H17NO4. The van der Waals surface area contributed by atoms with Crippen LogP contribution in [0.1, 0.15) is 0 Å². The van der Waals surface area contributed by atoms with Gasteiger partial charge in [-0.3, -0.25) is 0 Å². The van der Waals surface area contributed by atoms with E-state index in [1.165, 1.54) is 0 Å². The van der Waals surface area contributed by atoms with Crippen LogP contribution in [0.25, 0.3) is 0 Å². The largest absolute Gasteiger partial charge is 0.508 e. The van der Waals surface area contributed by atoms with Crippen molar-refractivity contribution in [2.75, 3.05) is 19.8 Å². The van der Waals surface area contributed by atoms with Gasteiger partial charge in [0.25, 0.3) is 0 Å². The van der Waals surface area contributed by atoms with E-state index in [1.54, 1.807) is 24.3 Å². The van der Waals surface area contributed by atoms with Crippen molar-refractivity contribution < 1.29 is 20.4 Å². The lowest BCUT2D eigenvalue weighted by Crippen LogP contribution is -2.50. The molecular weight excluding hydrogens is 198 g/mol. The van der Waals surface area contributed by atoms with Gasteiger partial charge in [0, 0.05) is 0 Å². The van der Waals surface area contributed by atoms with Crippen LogP contribution >= 0.6 is 0 Å². The van der Waals surface area contributed by atoms with Crippen LogP contribution in [0.4, 0.5) is 0 Å². The highest BCUT2D eigenvalue weighted by Crippen LogP contribution is 2.02. The Balaban J connectivity index is 0.000000262. The van der Waals surface area contributed by atoms with E-state index < -0.39 is 25.4 Å². The lowest BCUT2D eigenvalue weighted by molar-refractivity contribution is 0.0698. The van der Waals surface area contributed by atoms with Crippen LogP contribution in [-0.2, 0) is 0 Å². The molecule has 0 fully saturated rings. The molecule has 0 amide bonds. The lowest BCUT2D eigenvalue weighted by atomic mass is 10.1.